The molecule has 5 rings (SSSR count). The highest BCUT2D eigenvalue weighted by Crippen LogP contribution is 2.39. The van der Waals surface area contributed by atoms with Crippen LogP contribution in [0.4, 0.5) is 5.69 Å². The van der Waals surface area contributed by atoms with Gasteiger partial charge in [-0.3, -0.25) is 9.78 Å². The number of pyridine rings is 1. The predicted octanol–water partition coefficient (Wildman–Crippen LogP) is 5.18. The normalized spacial score (nSPS) is 17.3. The van der Waals surface area contributed by atoms with E-state index in [2.05, 4.69) is 74.6 Å². The zero-order chi connectivity index (χ0) is 24.2. The van der Waals surface area contributed by atoms with Gasteiger partial charge in [-0.25, -0.2) is 0 Å². The lowest BCUT2D eigenvalue weighted by Gasteiger charge is -2.29. The third-order valence-corrected chi connectivity index (χ3v) is 6.55. The number of anilines is 1. The fourth-order valence-electron chi connectivity index (χ4n) is 4.58. The first kappa shape index (κ1) is 22.8. The van der Waals surface area contributed by atoms with E-state index in [0.717, 1.165) is 22.8 Å². The maximum Gasteiger partial charge on any atom is 0.226 e. The summed E-state index contributed by atoms with van der Waals surface area (Å²) >= 11 is 5.78. The van der Waals surface area contributed by atoms with Crippen molar-refractivity contribution in [2.45, 2.75) is 25.4 Å². The van der Waals surface area contributed by atoms with Gasteiger partial charge < -0.3 is 20.1 Å². The standard InChI is InChI=1S/C28H27N5OS/c1-20-9-7-12-22(19-20)32-17-8-14-24(32)27-26(23-13-5-6-16-29-23)31-28(35)33(27)18-15-25(34)30-21-10-3-2-4-11-21/h2-14,16-17,19,26-27H,15,18H2,1H3,(H,30,34)(H,31,35)/t26-,27-/m1/s1. The number of amides is 1. The van der Waals surface area contributed by atoms with Gasteiger partial charge in [0.05, 0.1) is 17.8 Å². The average Bonchev–Trinajstić information content (AvgIpc) is 3.48. The maximum absolute atomic E-state index is 12.7. The van der Waals surface area contributed by atoms with Crippen LogP contribution in [0.25, 0.3) is 5.69 Å². The van der Waals surface area contributed by atoms with E-state index in [-0.39, 0.29) is 18.0 Å². The molecule has 0 radical (unpaired) electrons. The number of aryl methyl sites for hydroxylation is 1. The Bertz CT molecular complexity index is 1320. The molecule has 0 unspecified atom stereocenters. The lowest BCUT2D eigenvalue weighted by Crippen LogP contribution is -2.33. The number of nitrogens with zero attached hydrogens (tertiary/aromatic N) is 3. The molecule has 1 aliphatic rings. The molecular formula is C28H27N5OS. The van der Waals surface area contributed by atoms with Gasteiger partial charge in [0.15, 0.2) is 5.11 Å². The fourth-order valence-corrected chi connectivity index (χ4v) is 4.91. The zero-order valence-electron chi connectivity index (χ0n) is 19.5. The molecule has 1 fully saturated rings. The Morgan fingerprint density at radius 1 is 1.03 bits per heavy atom. The van der Waals surface area contributed by atoms with Gasteiger partial charge in [0.1, 0.15) is 0 Å². The number of carbonyl (C=O) groups is 1. The van der Waals surface area contributed by atoms with Crippen LogP contribution >= 0.6 is 12.2 Å². The van der Waals surface area contributed by atoms with E-state index in [4.69, 9.17) is 12.2 Å². The molecule has 2 N–H and O–H groups in total. The number of thiocarbonyl (C=S) groups is 1. The van der Waals surface area contributed by atoms with Crippen LogP contribution in [0.1, 0.15) is 35.5 Å². The summed E-state index contributed by atoms with van der Waals surface area (Å²) in [7, 11) is 0. The lowest BCUT2D eigenvalue weighted by molar-refractivity contribution is -0.116. The number of carbonyl (C=O) groups excluding carboxylic acids is 1. The summed E-state index contributed by atoms with van der Waals surface area (Å²) in [6.07, 6.45) is 4.18. The van der Waals surface area contributed by atoms with Crippen LogP contribution in [0.3, 0.4) is 0 Å². The van der Waals surface area contributed by atoms with Crippen molar-refractivity contribution in [3.63, 3.8) is 0 Å². The van der Waals surface area contributed by atoms with E-state index in [9.17, 15) is 4.79 Å². The van der Waals surface area contributed by atoms with Gasteiger partial charge in [0, 0.05) is 42.4 Å². The highest BCUT2D eigenvalue weighted by Gasteiger charge is 2.41. The molecule has 35 heavy (non-hydrogen) atoms. The summed E-state index contributed by atoms with van der Waals surface area (Å²) in [4.78, 5) is 19.5. The zero-order valence-corrected chi connectivity index (χ0v) is 20.3. The topological polar surface area (TPSA) is 62.2 Å². The van der Waals surface area contributed by atoms with Gasteiger partial charge in [0.2, 0.25) is 5.91 Å². The second kappa shape index (κ2) is 10.1. The molecule has 2 aromatic carbocycles. The van der Waals surface area contributed by atoms with Gasteiger partial charge in [-0.1, -0.05) is 36.4 Å². The SMILES string of the molecule is Cc1cccc(-n2cccc2[C@@H]2[C@@H](c3ccccn3)NC(=S)N2CCC(=O)Nc2ccccc2)c1. The van der Waals surface area contributed by atoms with E-state index in [1.807, 2.05) is 48.5 Å². The van der Waals surface area contributed by atoms with Crippen molar-refractivity contribution in [3.05, 3.63) is 114 Å². The van der Waals surface area contributed by atoms with Crippen molar-refractivity contribution >= 4 is 28.9 Å². The summed E-state index contributed by atoms with van der Waals surface area (Å²) in [5, 5.41) is 7.06. The minimum atomic E-state index is -0.139. The Balaban J connectivity index is 1.45. The molecule has 176 valence electrons. The molecule has 7 heteroatoms. The molecule has 1 aliphatic heterocycles. The highest BCUT2D eigenvalue weighted by molar-refractivity contribution is 7.80. The van der Waals surface area contributed by atoms with Crippen LogP contribution in [0.5, 0.6) is 0 Å². The molecule has 2 atom stereocenters. The molecule has 0 spiro atoms. The summed E-state index contributed by atoms with van der Waals surface area (Å²) < 4.78 is 2.19. The first-order chi connectivity index (χ1) is 17.1. The Morgan fingerprint density at radius 3 is 2.63 bits per heavy atom. The Hall–Kier alpha value is -3.97. The lowest BCUT2D eigenvalue weighted by atomic mass is 10.0. The van der Waals surface area contributed by atoms with Gasteiger partial charge >= 0.3 is 0 Å². The van der Waals surface area contributed by atoms with Crippen molar-refractivity contribution in [2.24, 2.45) is 0 Å². The van der Waals surface area contributed by atoms with Crippen molar-refractivity contribution in [1.29, 1.82) is 0 Å². The smallest absolute Gasteiger partial charge is 0.226 e. The summed E-state index contributed by atoms with van der Waals surface area (Å²) in [6.45, 7) is 2.57. The average molecular weight is 482 g/mol. The molecule has 0 saturated carbocycles. The fraction of sp³-hybridized carbons (Fsp3) is 0.179. The second-order valence-corrected chi connectivity index (χ2v) is 9.01. The molecule has 4 aromatic rings. The molecular weight excluding hydrogens is 454 g/mol. The quantitative estimate of drug-likeness (QED) is 0.356. The Morgan fingerprint density at radius 2 is 1.86 bits per heavy atom. The van der Waals surface area contributed by atoms with Crippen LogP contribution in [0.15, 0.2) is 97.3 Å². The highest BCUT2D eigenvalue weighted by atomic mass is 32.1. The van der Waals surface area contributed by atoms with Crippen molar-refractivity contribution in [2.75, 3.05) is 11.9 Å². The van der Waals surface area contributed by atoms with Gasteiger partial charge in [-0.2, -0.15) is 0 Å². The maximum atomic E-state index is 12.7. The van der Waals surface area contributed by atoms with Crippen LogP contribution in [0, 0.1) is 6.92 Å². The van der Waals surface area contributed by atoms with Gasteiger partial charge in [-0.05, 0) is 73.2 Å². The molecule has 0 bridgehead atoms. The number of benzene rings is 2. The van der Waals surface area contributed by atoms with Crippen LogP contribution in [0.2, 0.25) is 0 Å². The molecule has 1 amide bonds. The monoisotopic (exact) mass is 481 g/mol. The third-order valence-electron chi connectivity index (χ3n) is 6.20. The van der Waals surface area contributed by atoms with E-state index >= 15 is 0 Å². The Kier molecular flexibility index (Phi) is 6.59. The summed E-state index contributed by atoms with van der Waals surface area (Å²) in [6, 6.07) is 27.7. The van der Waals surface area contributed by atoms with E-state index in [1.165, 1.54) is 5.56 Å². The van der Waals surface area contributed by atoms with E-state index in [1.54, 1.807) is 6.20 Å². The van der Waals surface area contributed by atoms with Gasteiger partial charge in [-0.15, -0.1) is 0 Å². The molecule has 1 saturated heterocycles. The molecule has 6 nitrogen and oxygen atoms in total. The van der Waals surface area contributed by atoms with Crippen LogP contribution in [-0.2, 0) is 4.79 Å². The number of hydrogen-bond donors (Lipinski definition) is 2. The largest absolute Gasteiger partial charge is 0.352 e. The van der Waals surface area contributed by atoms with Crippen molar-refractivity contribution in [1.82, 2.24) is 19.8 Å². The minimum absolute atomic E-state index is 0.0481. The Labute approximate surface area is 210 Å². The summed E-state index contributed by atoms with van der Waals surface area (Å²) in [5.74, 6) is -0.0481. The van der Waals surface area contributed by atoms with E-state index < -0.39 is 0 Å². The van der Waals surface area contributed by atoms with Gasteiger partial charge in [0.25, 0.3) is 0 Å². The number of nitrogens with one attached hydrogen (secondary N) is 2. The predicted molar refractivity (Wildman–Crippen MR) is 142 cm³/mol. The third kappa shape index (κ3) is 4.95. The number of aromatic nitrogens is 2. The van der Waals surface area contributed by atoms with Crippen LogP contribution in [-0.4, -0.2) is 32.0 Å². The van der Waals surface area contributed by atoms with Crippen molar-refractivity contribution < 1.29 is 4.79 Å². The number of rotatable bonds is 7. The molecule has 2 aromatic heterocycles. The molecule has 0 aliphatic carbocycles. The minimum Gasteiger partial charge on any atom is -0.352 e. The first-order valence-electron chi connectivity index (χ1n) is 11.7. The van der Waals surface area contributed by atoms with Crippen LogP contribution < -0.4 is 10.6 Å². The van der Waals surface area contributed by atoms with Crippen molar-refractivity contribution in [3.8, 4) is 5.69 Å². The molecule has 3 heterocycles. The summed E-state index contributed by atoms with van der Waals surface area (Å²) in [5.41, 5.74) is 5.06. The number of para-hydroxylation sites is 1. The number of hydrogen-bond acceptors (Lipinski definition) is 3. The first-order valence-corrected chi connectivity index (χ1v) is 12.1. The second-order valence-electron chi connectivity index (χ2n) is 8.63. The van der Waals surface area contributed by atoms with E-state index in [0.29, 0.717) is 18.1 Å².